The SMILES string of the molecule is CN1CCN(CCN2CCC(=O)NCC2C(F)(F)F)CC1. The summed E-state index contributed by atoms with van der Waals surface area (Å²) in [7, 11) is 2.04. The van der Waals surface area contributed by atoms with Gasteiger partial charge in [0.15, 0.2) is 0 Å². The van der Waals surface area contributed by atoms with Gasteiger partial charge in [-0.15, -0.1) is 0 Å². The van der Waals surface area contributed by atoms with Crippen molar-refractivity contribution in [3.63, 3.8) is 0 Å². The van der Waals surface area contributed by atoms with Crippen molar-refractivity contribution in [2.75, 3.05) is 59.4 Å². The first-order valence-corrected chi connectivity index (χ1v) is 7.34. The van der Waals surface area contributed by atoms with Crippen LogP contribution >= 0.6 is 0 Å². The maximum absolute atomic E-state index is 13.1. The van der Waals surface area contributed by atoms with Crippen molar-refractivity contribution < 1.29 is 18.0 Å². The molecule has 122 valence electrons. The number of nitrogens with one attached hydrogen (secondary N) is 1. The van der Waals surface area contributed by atoms with E-state index in [0.29, 0.717) is 13.1 Å². The minimum absolute atomic E-state index is 0.134. The molecule has 5 nitrogen and oxygen atoms in total. The monoisotopic (exact) mass is 308 g/mol. The van der Waals surface area contributed by atoms with E-state index >= 15 is 0 Å². The van der Waals surface area contributed by atoms with Crippen LogP contribution in [0.4, 0.5) is 13.2 Å². The Morgan fingerprint density at radius 1 is 1.14 bits per heavy atom. The molecule has 2 aliphatic heterocycles. The lowest BCUT2D eigenvalue weighted by atomic mass is 10.2. The first-order valence-electron chi connectivity index (χ1n) is 7.34. The van der Waals surface area contributed by atoms with Crippen LogP contribution in [-0.4, -0.2) is 92.2 Å². The van der Waals surface area contributed by atoms with Gasteiger partial charge in [-0.2, -0.15) is 13.2 Å². The van der Waals surface area contributed by atoms with E-state index < -0.39 is 12.2 Å². The maximum atomic E-state index is 13.1. The molecule has 2 aliphatic rings. The van der Waals surface area contributed by atoms with Crippen molar-refractivity contribution in [3.05, 3.63) is 0 Å². The van der Waals surface area contributed by atoms with Gasteiger partial charge in [-0.05, 0) is 7.05 Å². The van der Waals surface area contributed by atoms with Crippen molar-refractivity contribution in [2.45, 2.75) is 18.6 Å². The van der Waals surface area contributed by atoms with Crippen molar-refractivity contribution in [1.29, 1.82) is 0 Å². The van der Waals surface area contributed by atoms with Gasteiger partial charge in [0, 0.05) is 58.8 Å². The molecule has 8 heteroatoms. The second-order valence-electron chi connectivity index (χ2n) is 5.79. The molecule has 0 spiro atoms. The number of likely N-dealkylation sites (N-methyl/N-ethyl adjacent to an activating group) is 1. The molecule has 0 aromatic carbocycles. The summed E-state index contributed by atoms with van der Waals surface area (Å²) in [6.07, 6.45) is -4.17. The van der Waals surface area contributed by atoms with E-state index in [2.05, 4.69) is 15.1 Å². The molecule has 21 heavy (non-hydrogen) atoms. The molecule has 2 fully saturated rings. The third-order valence-corrected chi connectivity index (χ3v) is 4.24. The molecule has 1 N–H and O–H groups in total. The summed E-state index contributed by atoms with van der Waals surface area (Å²) in [6, 6.07) is -1.57. The quantitative estimate of drug-likeness (QED) is 0.796. The number of carbonyl (C=O) groups is 1. The molecule has 2 rings (SSSR count). The Kier molecular flexibility index (Phi) is 5.45. The molecule has 1 amide bonds. The fourth-order valence-electron chi connectivity index (χ4n) is 2.76. The Bertz CT molecular complexity index is 356. The molecule has 2 saturated heterocycles. The minimum atomic E-state index is -4.31. The normalized spacial score (nSPS) is 27.4. The predicted molar refractivity (Wildman–Crippen MR) is 73.0 cm³/mol. The second kappa shape index (κ2) is 6.93. The van der Waals surface area contributed by atoms with E-state index in [1.54, 1.807) is 0 Å². The Morgan fingerprint density at radius 2 is 1.81 bits per heavy atom. The highest BCUT2D eigenvalue weighted by molar-refractivity contribution is 5.76. The first-order chi connectivity index (χ1) is 9.86. The topological polar surface area (TPSA) is 38.8 Å². The third-order valence-electron chi connectivity index (χ3n) is 4.24. The zero-order valence-corrected chi connectivity index (χ0v) is 12.3. The average Bonchev–Trinajstić information content (AvgIpc) is 2.60. The van der Waals surface area contributed by atoms with Crippen molar-refractivity contribution >= 4 is 5.91 Å². The van der Waals surface area contributed by atoms with E-state index in [-0.39, 0.29) is 25.4 Å². The maximum Gasteiger partial charge on any atom is 0.405 e. The number of nitrogens with zero attached hydrogens (tertiary/aromatic N) is 3. The highest BCUT2D eigenvalue weighted by atomic mass is 19.4. The van der Waals surface area contributed by atoms with Gasteiger partial charge in [0.2, 0.25) is 5.91 Å². The fraction of sp³-hybridized carbons (Fsp3) is 0.923. The van der Waals surface area contributed by atoms with Crippen molar-refractivity contribution in [3.8, 4) is 0 Å². The summed E-state index contributed by atoms with van der Waals surface area (Å²) in [5, 5.41) is 2.35. The number of alkyl halides is 3. The van der Waals surface area contributed by atoms with Gasteiger partial charge in [-0.3, -0.25) is 14.6 Å². The van der Waals surface area contributed by atoms with E-state index in [0.717, 1.165) is 26.2 Å². The van der Waals surface area contributed by atoms with E-state index in [1.165, 1.54) is 4.90 Å². The summed E-state index contributed by atoms with van der Waals surface area (Å²) in [4.78, 5) is 17.1. The smallest absolute Gasteiger partial charge is 0.354 e. The van der Waals surface area contributed by atoms with Crippen LogP contribution in [0, 0.1) is 0 Å². The average molecular weight is 308 g/mol. The van der Waals surface area contributed by atoms with E-state index in [1.807, 2.05) is 7.05 Å². The summed E-state index contributed by atoms with van der Waals surface area (Å²) >= 11 is 0. The highest BCUT2D eigenvalue weighted by Crippen LogP contribution is 2.25. The van der Waals surface area contributed by atoms with Crippen LogP contribution in [0.2, 0.25) is 0 Å². The molecule has 0 saturated carbocycles. The number of piperazine rings is 1. The second-order valence-corrected chi connectivity index (χ2v) is 5.79. The molecule has 0 aromatic heterocycles. The van der Waals surface area contributed by atoms with Crippen LogP contribution in [0.1, 0.15) is 6.42 Å². The number of halogens is 3. The molecular formula is C13H23F3N4O. The van der Waals surface area contributed by atoms with Gasteiger partial charge in [-0.25, -0.2) is 0 Å². The lowest BCUT2D eigenvalue weighted by molar-refractivity contribution is -0.181. The molecule has 0 aliphatic carbocycles. The standard InChI is InChI=1S/C13H23F3N4O/c1-18-4-6-19(7-5-18)8-9-20-3-2-12(21)17-10-11(20)13(14,15)16/h11H,2-10H2,1H3,(H,17,21). The van der Waals surface area contributed by atoms with Gasteiger partial charge in [-0.1, -0.05) is 0 Å². The predicted octanol–water partition coefficient (Wildman–Crippen LogP) is -0.0134. The van der Waals surface area contributed by atoms with Gasteiger partial charge >= 0.3 is 6.18 Å². The Hall–Kier alpha value is -0.860. The van der Waals surface area contributed by atoms with Crippen molar-refractivity contribution in [2.24, 2.45) is 0 Å². The van der Waals surface area contributed by atoms with Gasteiger partial charge in [0.1, 0.15) is 6.04 Å². The van der Waals surface area contributed by atoms with E-state index in [9.17, 15) is 18.0 Å². The number of amides is 1. The first kappa shape index (κ1) is 16.5. The number of hydrogen-bond acceptors (Lipinski definition) is 4. The lowest BCUT2D eigenvalue weighted by Gasteiger charge is -2.36. The molecule has 2 heterocycles. The fourth-order valence-corrected chi connectivity index (χ4v) is 2.76. The van der Waals surface area contributed by atoms with Gasteiger partial charge < -0.3 is 10.2 Å². The number of rotatable bonds is 3. The molecule has 1 unspecified atom stereocenters. The number of hydrogen-bond donors (Lipinski definition) is 1. The summed E-state index contributed by atoms with van der Waals surface area (Å²) in [5.74, 6) is -0.300. The minimum Gasteiger partial charge on any atom is -0.354 e. The highest BCUT2D eigenvalue weighted by Gasteiger charge is 2.44. The Balaban J connectivity index is 1.89. The van der Waals surface area contributed by atoms with Crippen LogP contribution in [0.5, 0.6) is 0 Å². The Morgan fingerprint density at radius 3 is 2.43 bits per heavy atom. The molecular weight excluding hydrogens is 285 g/mol. The summed E-state index contributed by atoms with van der Waals surface area (Å²) in [5.41, 5.74) is 0. The van der Waals surface area contributed by atoms with Crippen LogP contribution in [0.3, 0.4) is 0 Å². The molecule has 1 atom stereocenters. The molecule has 0 radical (unpaired) electrons. The van der Waals surface area contributed by atoms with Crippen LogP contribution in [-0.2, 0) is 4.79 Å². The molecule has 0 aromatic rings. The largest absolute Gasteiger partial charge is 0.405 e. The van der Waals surface area contributed by atoms with Crippen molar-refractivity contribution in [1.82, 2.24) is 20.0 Å². The van der Waals surface area contributed by atoms with Crippen LogP contribution in [0.25, 0.3) is 0 Å². The van der Waals surface area contributed by atoms with Crippen LogP contribution in [0.15, 0.2) is 0 Å². The summed E-state index contributed by atoms with van der Waals surface area (Å²) in [6.45, 7) is 4.47. The van der Waals surface area contributed by atoms with Gasteiger partial charge in [0.05, 0.1) is 0 Å². The molecule has 0 bridgehead atoms. The zero-order valence-electron chi connectivity index (χ0n) is 12.3. The van der Waals surface area contributed by atoms with Crippen LogP contribution < -0.4 is 5.32 Å². The van der Waals surface area contributed by atoms with E-state index in [4.69, 9.17) is 0 Å². The lowest BCUT2D eigenvalue weighted by Crippen LogP contribution is -2.53. The summed E-state index contributed by atoms with van der Waals surface area (Å²) < 4.78 is 39.3. The number of carbonyl (C=O) groups excluding carboxylic acids is 1. The Labute approximate surface area is 123 Å². The van der Waals surface area contributed by atoms with Gasteiger partial charge in [0.25, 0.3) is 0 Å². The third kappa shape index (κ3) is 4.82. The zero-order chi connectivity index (χ0) is 15.5.